The predicted molar refractivity (Wildman–Crippen MR) is 65.6 cm³/mol. The number of likely N-dealkylation sites (N-methyl/N-ethyl adjacent to an activating group) is 1. The minimum atomic E-state index is -1.38. The summed E-state index contributed by atoms with van der Waals surface area (Å²) in [4.78, 5) is 0.973. The van der Waals surface area contributed by atoms with Crippen molar-refractivity contribution in [3.8, 4) is 0 Å². The molecule has 1 aromatic rings. The van der Waals surface area contributed by atoms with Crippen LogP contribution in [0.4, 0.5) is 4.39 Å². The van der Waals surface area contributed by atoms with Gasteiger partial charge in [-0.3, -0.25) is 0 Å². The average molecular weight is 248 g/mol. The molecule has 84 valence electrons. The molecule has 4 heteroatoms. The van der Waals surface area contributed by atoms with Crippen LogP contribution < -0.4 is 5.32 Å². The number of rotatable bonds is 4. The van der Waals surface area contributed by atoms with Crippen molar-refractivity contribution in [2.75, 3.05) is 19.8 Å². The van der Waals surface area contributed by atoms with Gasteiger partial charge in [-0.15, -0.1) is 11.8 Å². The second-order valence-corrected chi connectivity index (χ2v) is 4.83. The molecule has 0 bridgehead atoms. The van der Waals surface area contributed by atoms with Gasteiger partial charge >= 0.3 is 0 Å². The van der Waals surface area contributed by atoms with Gasteiger partial charge in [0, 0.05) is 11.4 Å². The lowest BCUT2D eigenvalue weighted by molar-refractivity contribution is 0.190. The van der Waals surface area contributed by atoms with Gasteiger partial charge in [0.1, 0.15) is 5.67 Å². The number of nitrogens with one attached hydrogen (secondary N) is 1. The first-order valence-corrected chi connectivity index (χ1v) is 6.29. The van der Waals surface area contributed by atoms with E-state index in [0.717, 1.165) is 4.90 Å². The van der Waals surface area contributed by atoms with Crippen LogP contribution in [0.25, 0.3) is 0 Å². The summed E-state index contributed by atoms with van der Waals surface area (Å²) < 4.78 is 14.1. The van der Waals surface area contributed by atoms with Crippen LogP contribution in [0.5, 0.6) is 0 Å². The topological polar surface area (TPSA) is 12.0 Å². The van der Waals surface area contributed by atoms with Crippen molar-refractivity contribution < 1.29 is 4.39 Å². The normalized spacial score (nSPS) is 15.0. The summed E-state index contributed by atoms with van der Waals surface area (Å²) in [6, 6.07) is 5.34. The van der Waals surface area contributed by atoms with Crippen molar-refractivity contribution in [1.29, 1.82) is 0 Å². The summed E-state index contributed by atoms with van der Waals surface area (Å²) in [5.41, 5.74) is -0.769. The van der Waals surface area contributed by atoms with E-state index in [1.807, 2.05) is 12.3 Å². The molecule has 1 atom stereocenters. The standard InChI is InChI=1S/C11H15ClFNS/c1-11(13,7-14-2)8-4-5-10(15-3)9(12)6-8/h4-6,14H,7H2,1-3H3. The highest BCUT2D eigenvalue weighted by Gasteiger charge is 2.25. The van der Waals surface area contributed by atoms with Gasteiger partial charge in [-0.1, -0.05) is 17.7 Å². The first kappa shape index (κ1) is 12.8. The van der Waals surface area contributed by atoms with Crippen LogP contribution in [0.15, 0.2) is 23.1 Å². The molecular formula is C11H15ClFNS. The van der Waals surface area contributed by atoms with E-state index in [1.54, 1.807) is 37.9 Å². The molecule has 1 N–H and O–H groups in total. The van der Waals surface area contributed by atoms with Gasteiger partial charge in [-0.05, 0) is 37.9 Å². The molecule has 0 spiro atoms. The Morgan fingerprint density at radius 1 is 1.53 bits per heavy atom. The SMILES string of the molecule is CNCC(C)(F)c1ccc(SC)c(Cl)c1. The zero-order valence-electron chi connectivity index (χ0n) is 9.10. The fourth-order valence-electron chi connectivity index (χ4n) is 1.42. The Labute approximate surface area is 99.4 Å². The zero-order valence-corrected chi connectivity index (χ0v) is 10.7. The molecule has 0 heterocycles. The lowest BCUT2D eigenvalue weighted by atomic mass is 9.98. The molecule has 1 nitrogen and oxygen atoms in total. The Morgan fingerprint density at radius 3 is 2.67 bits per heavy atom. The minimum Gasteiger partial charge on any atom is -0.316 e. The Morgan fingerprint density at radius 2 is 2.20 bits per heavy atom. The van der Waals surface area contributed by atoms with Crippen LogP contribution in [-0.4, -0.2) is 19.8 Å². The Hall–Kier alpha value is -0.250. The van der Waals surface area contributed by atoms with E-state index in [4.69, 9.17) is 11.6 Å². The molecule has 0 fully saturated rings. The number of alkyl halides is 1. The highest BCUT2D eigenvalue weighted by Crippen LogP contribution is 2.32. The highest BCUT2D eigenvalue weighted by atomic mass is 35.5. The maximum absolute atomic E-state index is 14.1. The fourth-order valence-corrected chi connectivity index (χ4v) is 2.29. The first-order chi connectivity index (χ1) is 7.01. The van der Waals surface area contributed by atoms with Crippen molar-refractivity contribution in [3.63, 3.8) is 0 Å². The Kier molecular flexibility index (Phi) is 4.44. The second kappa shape index (κ2) is 5.19. The monoisotopic (exact) mass is 247 g/mol. The summed E-state index contributed by atoms with van der Waals surface area (Å²) in [6.45, 7) is 1.83. The van der Waals surface area contributed by atoms with Crippen molar-refractivity contribution in [2.45, 2.75) is 17.5 Å². The maximum Gasteiger partial charge on any atom is 0.145 e. The van der Waals surface area contributed by atoms with Crippen molar-refractivity contribution in [1.82, 2.24) is 5.32 Å². The lowest BCUT2D eigenvalue weighted by Crippen LogP contribution is -2.29. The van der Waals surface area contributed by atoms with Crippen molar-refractivity contribution >= 4 is 23.4 Å². The molecule has 1 unspecified atom stereocenters. The van der Waals surface area contributed by atoms with Crippen LogP contribution in [0, 0.1) is 0 Å². The summed E-state index contributed by atoms with van der Waals surface area (Å²) >= 11 is 7.59. The highest BCUT2D eigenvalue weighted by molar-refractivity contribution is 7.98. The molecule has 1 aromatic carbocycles. The Bertz CT molecular complexity index is 341. The van der Waals surface area contributed by atoms with E-state index in [2.05, 4.69) is 5.32 Å². The van der Waals surface area contributed by atoms with Crippen LogP contribution in [0.3, 0.4) is 0 Å². The summed E-state index contributed by atoms with van der Waals surface area (Å²) in [7, 11) is 1.73. The summed E-state index contributed by atoms with van der Waals surface area (Å²) in [5.74, 6) is 0. The van der Waals surface area contributed by atoms with Gasteiger partial charge in [-0.25, -0.2) is 4.39 Å². The summed E-state index contributed by atoms with van der Waals surface area (Å²) in [6.07, 6.45) is 1.95. The largest absolute Gasteiger partial charge is 0.316 e. The van der Waals surface area contributed by atoms with Gasteiger partial charge in [0.25, 0.3) is 0 Å². The fraction of sp³-hybridized carbons (Fsp3) is 0.455. The molecular weight excluding hydrogens is 233 g/mol. The quantitative estimate of drug-likeness (QED) is 0.818. The molecule has 15 heavy (non-hydrogen) atoms. The molecule has 0 saturated carbocycles. The number of hydrogen-bond acceptors (Lipinski definition) is 2. The van der Waals surface area contributed by atoms with Crippen LogP contribution in [0.1, 0.15) is 12.5 Å². The number of benzene rings is 1. The molecule has 0 aliphatic rings. The third-order valence-electron chi connectivity index (χ3n) is 2.26. The number of hydrogen-bond donors (Lipinski definition) is 1. The van der Waals surface area contributed by atoms with Gasteiger partial charge in [0.15, 0.2) is 0 Å². The van der Waals surface area contributed by atoms with Gasteiger partial charge in [0.05, 0.1) is 5.02 Å². The molecule has 0 amide bonds. The van der Waals surface area contributed by atoms with E-state index in [0.29, 0.717) is 10.6 Å². The molecule has 0 aliphatic heterocycles. The van der Waals surface area contributed by atoms with Crippen LogP contribution >= 0.6 is 23.4 Å². The maximum atomic E-state index is 14.1. The molecule has 0 radical (unpaired) electrons. The zero-order chi connectivity index (χ0) is 11.5. The Balaban J connectivity index is 3.01. The van der Waals surface area contributed by atoms with Gasteiger partial charge < -0.3 is 5.32 Å². The van der Waals surface area contributed by atoms with E-state index in [9.17, 15) is 4.39 Å². The van der Waals surface area contributed by atoms with Crippen molar-refractivity contribution in [3.05, 3.63) is 28.8 Å². The van der Waals surface area contributed by atoms with E-state index >= 15 is 0 Å². The number of halogens is 2. The third-order valence-corrected chi connectivity index (χ3v) is 3.48. The van der Waals surface area contributed by atoms with Gasteiger partial charge in [0.2, 0.25) is 0 Å². The summed E-state index contributed by atoms with van der Waals surface area (Å²) in [5, 5.41) is 3.44. The molecule has 0 aliphatic carbocycles. The molecule has 0 aromatic heterocycles. The lowest BCUT2D eigenvalue weighted by Gasteiger charge is -2.21. The first-order valence-electron chi connectivity index (χ1n) is 4.69. The molecule has 1 rings (SSSR count). The van der Waals surface area contributed by atoms with Crippen LogP contribution in [-0.2, 0) is 5.67 Å². The van der Waals surface area contributed by atoms with E-state index < -0.39 is 5.67 Å². The van der Waals surface area contributed by atoms with E-state index in [-0.39, 0.29) is 6.54 Å². The smallest absolute Gasteiger partial charge is 0.145 e. The molecule has 0 saturated heterocycles. The van der Waals surface area contributed by atoms with E-state index in [1.165, 1.54) is 0 Å². The second-order valence-electron chi connectivity index (χ2n) is 3.58. The predicted octanol–water partition coefficient (Wildman–Crippen LogP) is 3.47. The van der Waals surface area contributed by atoms with Crippen molar-refractivity contribution in [2.24, 2.45) is 0 Å². The third kappa shape index (κ3) is 3.10. The average Bonchev–Trinajstić information content (AvgIpc) is 2.17. The van der Waals surface area contributed by atoms with Crippen LogP contribution in [0.2, 0.25) is 5.02 Å². The minimum absolute atomic E-state index is 0.280. The number of thioether (sulfide) groups is 1. The van der Waals surface area contributed by atoms with Gasteiger partial charge in [-0.2, -0.15) is 0 Å².